The van der Waals surface area contributed by atoms with Gasteiger partial charge in [-0.25, -0.2) is 9.50 Å². The summed E-state index contributed by atoms with van der Waals surface area (Å²) in [6, 6.07) is 11.4. The van der Waals surface area contributed by atoms with Gasteiger partial charge in [-0.3, -0.25) is 4.98 Å². The van der Waals surface area contributed by atoms with Crippen LogP contribution in [0.1, 0.15) is 16.8 Å². The van der Waals surface area contributed by atoms with Crippen molar-refractivity contribution in [2.45, 2.75) is 13.5 Å². The van der Waals surface area contributed by atoms with Gasteiger partial charge in [-0.2, -0.15) is 10.4 Å². The van der Waals surface area contributed by atoms with Crippen LogP contribution in [0, 0.1) is 18.3 Å². The first-order valence-electron chi connectivity index (χ1n) is 7.74. The van der Waals surface area contributed by atoms with Crippen LogP contribution in [0.15, 0.2) is 53.4 Å². The summed E-state index contributed by atoms with van der Waals surface area (Å²) >= 11 is 0. The van der Waals surface area contributed by atoms with Crippen molar-refractivity contribution < 1.29 is 4.42 Å². The number of pyridine rings is 1. The van der Waals surface area contributed by atoms with Crippen LogP contribution < -0.4 is 5.32 Å². The fourth-order valence-electron chi connectivity index (χ4n) is 2.59. The van der Waals surface area contributed by atoms with Gasteiger partial charge in [0.2, 0.25) is 0 Å². The molecule has 0 amide bonds. The molecule has 0 aliphatic heterocycles. The molecule has 1 N–H and O–H groups in total. The quantitative estimate of drug-likeness (QED) is 0.618. The van der Waals surface area contributed by atoms with Crippen molar-refractivity contribution in [1.29, 1.82) is 5.26 Å². The molecule has 0 radical (unpaired) electrons. The Morgan fingerprint density at radius 3 is 2.96 bits per heavy atom. The van der Waals surface area contributed by atoms with Gasteiger partial charge in [0.15, 0.2) is 11.4 Å². The van der Waals surface area contributed by atoms with E-state index in [0.717, 1.165) is 11.3 Å². The predicted octanol–water partition coefficient (Wildman–Crippen LogP) is 3.18. The average molecular weight is 330 g/mol. The number of hydrogen-bond donors (Lipinski definition) is 1. The number of anilines is 1. The third-order valence-corrected chi connectivity index (χ3v) is 3.91. The smallest absolute Gasteiger partial charge is 0.175 e. The summed E-state index contributed by atoms with van der Waals surface area (Å²) in [7, 11) is 0. The molecule has 0 aromatic carbocycles. The van der Waals surface area contributed by atoms with Crippen molar-refractivity contribution in [2.24, 2.45) is 0 Å². The molecule has 0 aliphatic rings. The lowest BCUT2D eigenvalue weighted by molar-refractivity contribution is 0.579. The molecule has 4 rings (SSSR count). The minimum atomic E-state index is 0.382. The number of nitriles is 1. The summed E-state index contributed by atoms with van der Waals surface area (Å²) in [6.07, 6.45) is 5.08. The van der Waals surface area contributed by atoms with Crippen molar-refractivity contribution in [3.63, 3.8) is 0 Å². The molecule has 0 saturated heterocycles. The molecule has 4 aromatic rings. The number of aryl methyl sites for hydroxylation is 1. The summed E-state index contributed by atoms with van der Waals surface area (Å²) in [4.78, 5) is 8.87. The van der Waals surface area contributed by atoms with Gasteiger partial charge in [0.25, 0.3) is 0 Å². The maximum absolute atomic E-state index is 9.52. The summed E-state index contributed by atoms with van der Waals surface area (Å²) in [5.41, 5.74) is 3.41. The Balaban J connectivity index is 1.68. The van der Waals surface area contributed by atoms with Crippen LogP contribution in [-0.4, -0.2) is 19.6 Å². The predicted molar refractivity (Wildman–Crippen MR) is 91.7 cm³/mol. The Labute approximate surface area is 143 Å². The number of furan rings is 1. The van der Waals surface area contributed by atoms with Gasteiger partial charge in [0.05, 0.1) is 18.5 Å². The van der Waals surface area contributed by atoms with Gasteiger partial charge in [0.1, 0.15) is 23.1 Å². The maximum Gasteiger partial charge on any atom is 0.175 e. The molecule has 7 nitrogen and oxygen atoms in total. The molecule has 0 bridgehead atoms. The molecule has 0 spiro atoms. The van der Waals surface area contributed by atoms with Crippen molar-refractivity contribution in [2.75, 3.05) is 5.32 Å². The second-order valence-electron chi connectivity index (χ2n) is 5.51. The number of fused-ring (bicyclic) bond motifs is 1. The number of nitrogens with one attached hydrogen (secondary N) is 1. The minimum absolute atomic E-state index is 0.382. The average Bonchev–Trinajstić information content (AvgIpc) is 3.27. The van der Waals surface area contributed by atoms with E-state index in [1.54, 1.807) is 35.3 Å². The van der Waals surface area contributed by atoms with E-state index in [1.807, 2.05) is 25.1 Å². The van der Waals surface area contributed by atoms with E-state index in [0.29, 0.717) is 35.0 Å². The SMILES string of the molecule is Cc1cccnc1CNc1ccn2nc(-c3ccco3)c(C#N)c2n1. The van der Waals surface area contributed by atoms with E-state index in [9.17, 15) is 5.26 Å². The van der Waals surface area contributed by atoms with Crippen LogP contribution in [0.5, 0.6) is 0 Å². The Bertz CT molecular complexity index is 1070. The Hall–Kier alpha value is -3.66. The summed E-state index contributed by atoms with van der Waals surface area (Å²) < 4.78 is 6.94. The summed E-state index contributed by atoms with van der Waals surface area (Å²) in [5, 5.41) is 17.2. The molecule has 4 heterocycles. The lowest BCUT2D eigenvalue weighted by atomic mass is 10.2. The molecule has 0 atom stereocenters. The molecule has 0 aliphatic carbocycles. The zero-order valence-corrected chi connectivity index (χ0v) is 13.5. The van der Waals surface area contributed by atoms with Crippen LogP contribution in [0.4, 0.5) is 5.82 Å². The lowest BCUT2D eigenvalue weighted by Gasteiger charge is -2.07. The van der Waals surface area contributed by atoms with Crippen molar-refractivity contribution in [3.8, 4) is 17.5 Å². The van der Waals surface area contributed by atoms with Crippen molar-refractivity contribution in [3.05, 3.63) is 65.8 Å². The van der Waals surface area contributed by atoms with Crippen LogP contribution in [0.3, 0.4) is 0 Å². The van der Waals surface area contributed by atoms with E-state index >= 15 is 0 Å². The first kappa shape index (κ1) is 14.9. The number of hydrogen-bond acceptors (Lipinski definition) is 6. The fraction of sp³-hybridized carbons (Fsp3) is 0.111. The van der Waals surface area contributed by atoms with E-state index < -0.39 is 0 Å². The molecule has 4 aromatic heterocycles. The Morgan fingerprint density at radius 2 is 2.20 bits per heavy atom. The first-order valence-corrected chi connectivity index (χ1v) is 7.74. The van der Waals surface area contributed by atoms with E-state index in [-0.39, 0.29) is 0 Å². The van der Waals surface area contributed by atoms with Crippen molar-refractivity contribution >= 4 is 11.5 Å². The third kappa shape index (κ3) is 2.70. The van der Waals surface area contributed by atoms with Gasteiger partial charge in [0, 0.05) is 12.4 Å². The lowest BCUT2D eigenvalue weighted by Crippen LogP contribution is -2.05. The highest BCUT2D eigenvalue weighted by atomic mass is 16.3. The highest BCUT2D eigenvalue weighted by Gasteiger charge is 2.17. The molecule has 7 heteroatoms. The van der Waals surface area contributed by atoms with Gasteiger partial charge in [-0.05, 0) is 36.8 Å². The van der Waals surface area contributed by atoms with Gasteiger partial charge in [-0.15, -0.1) is 0 Å². The minimum Gasteiger partial charge on any atom is -0.463 e. The number of rotatable bonds is 4. The molecule has 0 fully saturated rings. The normalized spacial score (nSPS) is 10.7. The largest absolute Gasteiger partial charge is 0.463 e. The molecule has 0 unspecified atom stereocenters. The van der Waals surface area contributed by atoms with Gasteiger partial charge in [-0.1, -0.05) is 6.07 Å². The third-order valence-electron chi connectivity index (χ3n) is 3.91. The van der Waals surface area contributed by atoms with Gasteiger partial charge < -0.3 is 9.73 Å². The molecular formula is C18H14N6O. The van der Waals surface area contributed by atoms with E-state index in [4.69, 9.17) is 4.42 Å². The zero-order chi connectivity index (χ0) is 17.2. The Kier molecular flexibility index (Phi) is 3.63. The monoisotopic (exact) mass is 330 g/mol. The molecule has 122 valence electrons. The molecule has 25 heavy (non-hydrogen) atoms. The molecule has 0 saturated carbocycles. The van der Waals surface area contributed by atoms with Crippen LogP contribution in [0.2, 0.25) is 0 Å². The maximum atomic E-state index is 9.52. The van der Waals surface area contributed by atoms with Crippen LogP contribution in [0.25, 0.3) is 17.1 Å². The number of aromatic nitrogens is 4. The summed E-state index contributed by atoms with van der Waals surface area (Å²) in [5.74, 6) is 1.20. The van der Waals surface area contributed by atoms with Crippen LogP contribution in [-0.2, 0) is 6.54 Å². The molecular weight excluding hydrogens is 316 g/mol. The van der Waals surface area contributed by atoms with Crippen LogP contribution >= 0.6 is 0 Å². The number of nitrogens with zero attached hydrogens (tertiary/aromatic N) is 5. The highest BCUT2D eigenvalue weighted by molar-refractivity contribution is 5.72. The second-order valence-corrected chi connectivity index (χ2v) is 5.51. The zero-order valence-electron chi connectivity index (χ0n) is 13.5. The standard InChI is InChI=1S/C18H14N6O/c1-12-4-2-7-20-14(12)11-21-16-6-8-24-18(22-16)13(10-19)17(23-24)15-5-3-9-25-15/h2-9H,11H2,1H3,(H,21,22). The van der Waals surface area contributed by atoms with Gasteiger partial charge >= 0.3 is 0 Å². The van der Waals surface area contributed by atoms with E-state index in [1.165, 1.54) is 0 Å². The second kappa shape index (κ2) is 6.09. The first-order chi connectivity index (χ1) is 12.3. The fourth-order valence-corrected chi connectivity index (χ4v) is 2.59. The topological polar surface area (TPSA) is 92.0 Å². The van der Waals surface area contributed by atoms with Crippen molar-refractivity contribution in [1.82, 2.24) is 19.6 Å². The van der Waals surface area contributed by atoms with E-state index in [2.05, 4.69) is 26.5 Å². The Morgan fingerprint density at radius 1 is 1.28 bits per heavy atom. The summed E-state index contributed by atoms with van der Waals surface area (Å²) in [6.45, 7) is 2.57. The highest BCUT2D eigenvalue weighted by Crippen LogP contribution is 2.25.